The molecule has 0 unspecified atom stereocenters. The van der Waals surface area contributed by atoms with Crippen molar-refractivity contribution < 1.29 is 29.2 Å². The minimum absolute atomic E-state index is 0.0299. The number of anilines is 1. The number of nitrogens with zero attached hydrogens (tertiary/aromatic N) is 2. The van der Waals surface area contributed by atoms with Crippen LogP contribution in [0.4, 0.5) is 16.2 Å². The van der Waals surface area contributed by atoms with Gasteiger partial charge in [0.15, 0.2) is 0 Å². The van der Waals surface area contributed by atoms with Crippen molar-refractivity contribution in [3.05, 3.63) is 80.0 Å². The van der Waals surface area contributed by atoms with Gasteiger partial charge in [-0.1, -0.05) is 17.7 Å². The number of carbonyl (C=O) groups is 3. The monoisotopic (exact) mass is 445 g/mol. The Balaban J connectivity index is 2.13. The zero-order valence-electron chi connectivity index (χ0n) is 16.3. The minimum Gasteiger partial charge on any atom is -0.478 e. The number of rotatable bonds is 5. The lowest BCUT2D eigenvalue weighted by atomic mass is 9.94. The molecule has 10 nitrogen and oxygen atoms in total. The van der Waals surface area contributed by atoms with Gasteiger partial charge in [0.05, 0.1) is 34.9 Å². The Bertz CT molecular complexity index is 1130. The van der Waals surface area contributed by atoms with Gasteiger partial charge in [-0.25, -0.2) is 14.4 Å². The molecule has 2 aromatic rings. The number of benzene rings is 2. The highest BCUT2D eigenvalue weighted by molar-refractivity contribution is 6.32. The Morgan fingerprint density at radius 1 is 1.23 bits per heavy atom. The number of nitrogens with one attached hydrogen (secondary N) is 1. The van der Waals surface area contributed by atoms with Gasteiger partial charge in [0, 0.05) is 11.8 Å². The molecular weight excluding hydrogens is 430 g/mol. The third-order valence-corrected chi connectivity index (χ3v) is 5.08. The summed E-state index contributed by atoms with van der Waals surface area (Å²) >= 11 is 5.87. The molecule has 160 valence electrons. The number of allylic oxidation sites excluding steroid dienone is 1. The van der Waals surface area contributed by atoms with Gasteiger partial charge in [-0.05, 0) is 42.8 Å². The van der Waals surface area contributed by atoms with Gasteiger partial charge in [-0.15, -0.1) is 0 Å². The van der Waals surface area contributed by atoms with Gasteiger partial charge in [0.25, 0.3) is 5.69 Å². The summed E-state index contributed by atoms with van der Waals surface area (Å²) in [6, 6.07) is 7.82. The summed E-state index contributed by atoms with van der Waals surface area (Å²) in [5.74, 6) is -1.87. The number of esters is 1. The molecule has 3 rings (SSSR count). The van der Waals surface area contributed by atoms with Crippen LogP contribution in [0, 0.1) is 10.1 Å². The Labute approximate surface area is 180 Å². The maximum atomic E-state index is 12.9. The maximum Gasteiger partial charge on any atom is 0.337 e. The Morgan fingerprint density at radius 2 is 1.87 bits per heavy atom. The molecule has 31 heavy (non-hydrogen) atoms. The second-order valence-electron chi connectivity index (χ2n) is 6.53. The smallest absolute Gasteiger partial charge is 0.337 e. The summed E-state index contributed by atoms with van der Waals surface area (Å²) < 4.78 is 4.87. The molecule has 0 aliphatic carbocycles. The van der Waals surface area contributed by atoms with Crippen molar-refractivity contribution in [3.8, 4) is 0 Å². The number of ether oxygens (including phenoxy) is 1. The molecule has 2 amide bonds. The Morgan fingerprint density at radius 3 is 2.42 bits per heavy atom. The highest BCUT2D eigenvalue weighted by atomic mass is 35.5. The molecule has 2 aromatic carbocycles. The largest absolute Gasteiger partial charge is 0.478 e. The van der Waals surface area contributed by atoms with Crippen molar-refractivity contribution in [2.24, 2.45) is 0 Å². The predicted molar refractivity (Wildman–Crippen MR) is 110 cm³/mol. The number of hydrogen-bond donors (Lipinski definition) is 2. The number of urea groups is 1. The molecule has 0 radical (unpaired) electrons. The first-order valence-corrected chi connectivity index (χ1v) is 9.20. The third-order valence-electron chi connectivity index (χ3n) is 4.76. The van der Waals surface area contributed by atoms with Crippen molar-refractivity contribution in [1.82, 2.24) is 5.32 Å². The summed E-state index contributed by atoms with van der Waals surface area (Å²) in [6.07, 6.45) is 0. The zero-order valence-corrected chi connectivity index (χ0v) is 17.0. The first-order chi connectivity index (χ1) is 14.6. The van der Waals surface area contributed by atoms with Gasteiger partial charge in [-0.3, -0.25) is 15.0 Å². The van der Waals surface area contributed by atoms with Gasteiger partial charge < -0.3 is 15.2 Å². The quantitative estimate of drug-likeness (QED) is 0.406. The molecule has 1 aliphatic rings. The van der Waals surface area contributed by atoms with Crippen LogP contribution >= 0.6 is 11.6 Å². The fraction of sp³-hybridized carbons (Fsp3) is 0.150. The number of carboxylic acids is 1. The first kappa shape index (κ1) is 21.8. The lowest BCUT2D eigenvalue weighted by Gasteiger charge is -2.35. The van der Waals surface area contributed by atoms with E-state index in [4.69, 9.17) is 21.4 Å². The van der Waals surface area contributed by atoms with Crippen LogP contribution in [0.1, 0.15) is 28.9 Å². The standard InChI is InChI=1S/C20H16ClN3O7/c1-10-16(19(27)31-2)17(12-5-8-14(21)15(9-12)24(29)30)22-20(28)23(10)13-6-3-11(4-7-13)18(25)26/h3-9,17H,1-2H3,(H,22,28)(H,25,26)/t17-/m0/s1. The molecule has 0 bridgehead atoms. The normalized spacial score (nSPS) is 16.0. The molecule has 1 atom stereocenters. The van der Waals surface area contributed by atoms with Crippen LogP contribution in [0.2, 0.25) is 5.02 Å². The second-order valence-corrected chi connectivity index (χ2v) is 6.94. The van der Waals surface area contributed by atoms with Crippen molar-refractivity contribution in [3.63, 3.8) is 0 Å². The lowest BCUT2D eigenvalue weighted by Crippen LogP contribution is -2.48. The van der Waals surface area contributed by atoms with Gasteiger partial charge in [-0.2, -0.15) is 0 Å². The van der Waals surface area contributed by atoms with E-state index in [9.17, 15) is 24.5 Å². The number of nitro benzene ring substituents is 1. The molecular formula is C20H16ClN3O7. The summed E-state index contributed by atoms with van der Waals surface area (Å²) in [4.78, 5) is 48.3. The molecule has 1 heterocycles. The number of aromatic carboxylic acids is 1. The van der Waals surface area contributed by atoms with E-state index in [1.165, 1.54) is 61.4 Å². The summed E-state index contributed by atoms with van der Waals surface area (Å²) in [5, 5.41) is 22.9. The maximum absolute atomic E-state index is 12.9. The summed E-state index contributed by atoms with van der Waals surface area (Å²) in [6.45, 7) is 1.52. The van der Waals surface area contributed by atoms with Crippen LogP contribution in [-0.2, 0) is 9.53 Å². The number of methoxy groups -OCH3 is 1. The lowest BCUT2D eigenvalue weighted by molar-refractivity contribution is -0.384. The van der Waals surface area contributed by atoms with E-state index in [-0.39, 0.29) is 33.1 Å². The van der Waals surface area contributed by atoms with Crippen LogP contribution in [-0.4, -0.2) is 35.1 Å². The SMILES string of the molecule is COC(=O)C1=C(C)N(c2ccc(C(=O)O)cc2)C(=O)N[C@H]1c1ccc(Cl)c([N+](=O)[O-])c1. The average molecular weight is 446 g/mol. The molecule has 0 fully saturated rings. The molecule has 1 aliphatic heterocycles. The predicted octanol–water partition coefficient (Wildman–Crippen LogP) is 3.66. The summed E-state index contributed by atoms with van der Waals surface area (Å²) in [5.41, 5.74) is 0.527. The van der Waals surface area contributed by atoms with Gasteiger partial charge in [0.1, 0.15) is 5.02 Å². The Hall–Kier alpha value is -3.92. The topological polar surface area (TPSA) is 139 Å². The van der Waals surface area contributed by atoms with Crippen LogP contribution in [0.25, 0.3) is 0 Å². The van der Waals surface area contributed by atoms with Crippen LogP contribution in [0.5, 0.6) is 0 Å². The number of carboxylic acid groups (broad SMARTS) is 1. The van der Waals surface area contributed by atoms with E-state index in [2.05, 4.69) is 5.32 Å². The molecule has 0 saturated heterocycles. The molecule has 0 aromatic heterocycles. The number of carbonyl (C=O) groups excluding carboxylic acids is 2. The summed E-state index contributed by atoms with van der Waals surface area (Å²) in [7, 11) is 1.17. The molecule has 0 spiro atoms. The number of halogens is 1. The first-order valence-electron chi connectivity index (χ1n) is 8.82. The van der Waals surface area contributed by atoms with E-state index >= 15 is 0 Å². The minimum atomic E-state index is -1.12. The average Bonchev–Trinajstić information content (AvgIpc) is 2.73. The third kappa shape index (κ3) is 4.05. The highest BCUT2D eigenvalue weighted by Gasteiger charge is 2.37. The molecule has 2 N–H and O–H groups in total. The van der Waals surface area contributed by atoms with E-state index < -0.39 is 28.9 Å². The number of nitro groups is 1. The Kier molecular flexibility index (Phi) is 5.93. The van der Waals surface area contributed by atoms with Gasteiger partial charge in [0.2, 0.25) is 0 Å². The number of hydrogen-bond acceptors (Lipinski definition) is 6. The second kappa shape index (κ2) is 8.44. The fourth-order valence-corrected chi connectivity index (χ4v) is 3.47. The van der Waals surface area contributed by atoms with E-state index in [0.29, 0.717) is 5.69 Å². The fourth-order valence-electron chi connectivity index (χ4n) is 3.28. The zero-order chi connectivity index (χ0) is 22.9. The van der Waals surface area contributed by atoms with Crippen LogP contribution in [0.15, 0.2) is 53.7 Å². The van der Waals surface area contributed by atoms with Crippen LogP contribution < -0.4 is 10.2 Å². The van der Waals surface area contributed by atoms with E-state index in [1.807, 2.05) is 0 Å². The van der Waals surface area contributed by atoms with Crippen molar-refractivity contribution >= 4 is 40.9 Å². The van der Waals surface area contributed by atoms with Crippen molar-refractivity contribution in [2.45, 2.75) is 13.0 Å². The highest BCUT2D eigenvalue weighted by Crippen LogP contribution is 2.36. The van der Waals surface area contributed by atoms with E-state index in [1.54, 1.807) is 0 Å². The van der Waals surface area contributed by atoms with E-state index in [0.717, 1.165) is 0 Å². The van der Waals surface area contributed by atoms with Crippen molar-refractivity contribution in [2.75, 3.05) is 12.0 Å². The van der Waals surface area contributed by atoms with Crippen molar-refractivity contribution in [1.29, 1.82) is 0 Å². The number of amides is 2. The van der Waals surface area contributed by atoms with Crippen LogP contribution in [0.3, 0.4) is 0 Å². The van der Waals surface area contributed by atoms with Gasteiger partial charge >= 0.3 is 18.0 Å². The molecule has 0 saturated carbocycles. The molecule has 11 heteroatoms.